The molecule has 9 heteroatoms. The van der Waals surface area contributed by atoms with Crippen LogP contribution >= 0.6 is 0 Å². The Morgan fingerprint density at radius 1 is 1.33 bits per heavy atom. The Morgan fingerprint density at radius 2 is 2.13 bits per heavy atom. The molecule has 0 aromatic carbocycles. The number of carbonyl (C=O) groups excluding carboxylic acids is 1. The van der Waals surface area contributed by atoms with E-state index < -0.39 is 0 Å². The zero-order valence-electron chi connectivity index (χ0n) is 17.8. The number of rotatable bonds is 7. The standard InChI is InChI=1S/C21H27N5O4/c1-12(2)28-21(27)15-6-5-7-16(10-15)29-19-9-8-18(24-14(19)4)20-17(11-23-26-22)13(3)25-30-20/h8-9,12,15-16H,5-7,10-11H2,1-4H3/t15-,16-/m0/s1. The number of nitrogens with zero attached hydrogens (tertiary/aromatic N) is 5. The lowest BCUT2D eigenvalue weighted by Gasteiger charge is -2.29. The van der Waals surface area contributed by atoms with E-state index in [1.807, 2.05) is 26.8 Å². The van der Waals surface area contributed by atoms with Gasteiger partial charge in [0.25, 0.3) is 0 Å². The van der Waals surface area contributed by atoms with Crippen molar-refractivity contribution >= 4 is 5.97 Å². The second kappa shape index (κ2) is 9.63. The predicted molar refractivity (Wildman–Crippen MR) is 110 cm³/mol. The van der Waals surface area contributed by atoms with E-state index in [0.29, 0.717) is 40.6 Å². The summed E-state index contributed by atoms with van der Waals surface area (Å²) >= 11 is 0. The first-order valence-corrected chi connectivity index (χ1v) is 10.2. The normalized spacial score (nSPS) is 18.7. The van der Waals surface area contributed by atoms with Crippen LogP contribution in [0.1, 0.15) is 56.5 Å². The Bertz CT molecular complexity index is 949. The fourth-order valence-electron chi connectivity index (χ4n) is 3.65. The highest BCUT2D eigenvalue weighted by molar-refractivity contribution is 5.72. The summed E-state index contributed by atoms with van der Waals surface area (Å²) in [4.78, 5) is 19.6. The highest BCUT2D eigenvalue weighted by Crippen LogP contribution is 2.32. The third-order valence-corrected chi connectivity index (χ3v) is 5.15. The van der Waals surface area contributed by atoms with Crippen molar-refractivity contribution in [2.24, 2.45) is 11.0 Å². The van der Waals surface area contributed by atoms with E-state index in [1.165, 1.54) is 0 Å². The Balaban J connectivity index is 1.72. The average Bonchev–Trinajstić information content (AvgIpc) is 3.08. The lowest BCUT2D eigenvalue weighted by atomic mass is 9.87. The molecule has 2 aromatic rings. The van der Waals surface area contributed by atoms with Crippen molar-refractivity contribution in [2.75, 3.05) is 0 Å². The van der Waals surface area contributed by atoms with Crippen molar-refractivity contribution in [3.63, 3.8) is 0 Å². The number of esters is 1. The smallest absolute Gasteiger partial charge is 0.309 e. The van der Waals surface area contributed by atoms with E-state index in [4.69, 9.17) is 19.5 Å². The van der Waals surface area contributed by atoms with Crippen molar-refractivity contribution in [3.05, 3.63) is 39.5 Å². The summed E-state index contributed by atoms with van der Waals surface area (Å²) in [6.07, 6.45) is 3.13. The molecule has 1 fully saturated rings. The molecule has 2 atom stereocenters. The maximum Gasteiger partial charge on any atom is 0.309 e. The summed E-state index contributed by atoms with van der Waals surface area (Å²) in [6, 6.07) is 3.65. The fraction of sp³-hybridized carbons (Fsp3) is 0.571. The van der Waals surface area contributed by atoms with Crippen molar-refractivity contribution in [3.8, 4) is 17.2 Å². The van der Waals surface area contributed by atoms with Gasteiger partial charge in [-0.05, 0) is 71.0 Å². The summed E-state index contributed by atoms with van der Waals surface area (Å²) in [7, 11) is 0. The van der Waals surface area contributed by atoms with Crippen LogP contribution in [0.4, 0.5) is 0 Å². The van der Waals surface area contributed by atoms with Gasteiger partial charge < -0.3 is 14.0 Å². The maximum atomic E-state index is 12.2. The molecule has 2 heterocycles. The molecule has 3 rings (SSSR count). The second-order valence-electron chi connectivity index (χ2n) is 7.83. The van der Waals surface area contributed by atoms with Crippen LogP contribution in [0.2, 0.25) is 0 Å². The summed E-state index contributed by atoms with van der Waals surface area (Å²) in [6.45, 7) is 7.53. The molecule has 160 valence electrons. The van der Waals surface area contributed by atoms with E-state index in [0.717, 1.165) is 19.3 Å². The first kappa shape index (κ1) is 21.6. The van der Waals surface area contributed by atoms with Crippen molar-refractivity contribution < 1.29 is 18.8 Å². The SMILES string of the molecule is Cc1nc(-c2onc(C)c2CN=[N+]=[N-])ccc1O[C@H]1CCC[C@H](C(=O)OC(C)C)C1. The third-order valence-electron chi connectivity index (χ3n) is 5.15. The molecule has 0 N–H and O–H groups in total. The zero-order chi connectivity index (χ0) is 21.7. The van der Waals surface area contributed by atoms with Crippen LogP contribution in [0.15, 0.2) is 21.8 Å². The Labute approximate surface area is 175 Å². The van der Waals surface area contributed by atoms with Crippen LogP contribution in [0.3, 0.4) is 0 Å². The molecule has 0 bridgehead atoms. The topological polar surface area (TPSA) is 123 Å². The largest absolute Gasteiger partial charge is 0.489 e. The number of hydrogen-bond donors (Lipinski definition) is 0. The van der Waals surface area contributed by atoms with Crippen LogP contribution in [0.5, 0.6) is 5.75 Å². The van der Waals surface area contributed by atoms with Crippen LogP contribution in [0.25, 0.3) is 21.9 Å². The predicted octanol–water partition coefficient (Wildman–Crippen LogP) is 5.05. The van der Waals surface area contributed by atoms with Gasteiger partial charge in [0.05, 0.1) is 36.1 Å². The number of pyridine rings is 1. The van der Waals surface area contributed by atoms with Gasteiger partial charge in [-0.25, -0.2) is 4.98 Å². The van der Waals surface area contributed by atoms with E-state index >= 15 is 0 Å². The molecule has 30 heavy (non-hydrogen) atoms. The first-order valence-electron chi connectivity index (χ1n) is 10.2. The van der Waals surface area contributed by atoms with Crippen LogP contribution in [-0.2, 0) is 16.1 Å². The molecule has 0 aliphatic heterocycles. The van der Waals surface area contributed by atoms with Crippen molar-refractivity contribution in [1.29, 1.82) is 0 Å². The van der Waals surface area contributed by atoms with Gasteiger partial charge in [-0.2, -0.15) is 0 Å². The molecule has 9 nitrogen and oxygen atoms in total. The molecule has 0 radical (unpaired) electrons. The number of hydrogen-bond acceptors (Lipinski definition) is 7. The van der Waals surface area contributed by atoms with E-state index in [1.54, 1.807) is 13.0 Å². The molecule has 0 spiro atoms. The van der Waals surface area contributed by atoms with Crippen molar-refractivity contribution in [1.82, 2.24) is 10.1 Å². The Morgan fingerprint density at radius 3 is 2.83 bits per heavy atom. The average molecular weight is 413 g/mol. The van der Waals surface area contributed by atoms with Gasteiger partial charge in [0.15, 0.2) is 5.76 Å². The minimum atomic E-state index is -0.142. The summed E-state index contributed by atoms with van der Waals surface area (Å²) in [5, 5.41) is 7.57. The minimum Gasteiger partial charge on any atom is -0.489 e. The third kappa shape index (κ3) is 5.10. The molecule has 1 saturated carbocycles. The molecular formula is C21H27N5O4. The van der Waals surface area contributed by atoms with Crippen molar-refractivity contribution in [2.45, 2.75) is 72.1 Å². The number of aromatic nitrogens is 2. The summed E-state index contributed by atoms with van der Waals surface area (Å²) in [5.74, 6) is 0.897. The molecule has 0 unspecified atom stereocenters. The van der Waals surface area contributed by atoms with Gasteiger partial charge >= 0.3 is 5.97 Å². The number of azide groups is 1. The summed E-state index contributed by atoms with van der Waals surface area (Å²) in [5.41, 5.74) is 11.3. The lowest BCUT2D eigenvalue weighted by Crippen LogP contribution is -2.31. The van der Waals surface area contributed by atoms with Gasteiger partial charge in [0, 0.05) is 10.5 Å². The van der Waals surface area contributed by atoms with Gasteiger partial charge in [-0.3, -0.25) is 4.79 Å². The monoisotopic (exact) mass is 413 g/mol. The van der Waals surface area contributed by atoms with Gasteiger partial charge in [0.1, 0.15) is 11.4 Å². The zero-order valence-corrected chi connectivity index (χ0v) is 17.8. The van der Waals surface area contributed by atoms with Gasteiger partial charge in [0.2, 0.25) is 0 Å². The highest BCUT2D eigenvalue weighted by atomic mass is 16.5. The number of ether oxygens (including phenoxy) is 2. The lowest BCUT2D eigenvalue weighted by molar-refractivity contribution is -0.154. The molecule has 2 aromatic heterocycles. The Hall–Kier alpha value is -3.06. The molecular weight excluding hydrogens is 386 g/mol. The summed E-state index contributed by atoms with van der Waals surface area (Å²) < 4.78 is 17.0. The highest BCUT2D eigenvalue weighted by Gasteiger charge is 2.30. The van der Waals surface area contributed by atoms with Gasteiger partial charge in [-0.15, -0.1) is 0 Å². The molecule has 0 amide bonds. The van der Waals surface area contributed by atoms with E-state index in [9.17, 15) is 4.79 Å². The fourth-order valence-corrected chi connectivity index (χ4v) is 3.65. The Kier molecular flexibility index (Phi) is 6.95. The molecule has 1 aliphatic rings. The molecule has 1 aliphatic carbocycles. The van der Waals surface area contributed by atoms with Crippen LogP contribution < -0.4 is 4.74 Å². The first-order chi connectivity index (χ1) is 14.4. The molecule has 0 saturated heterocycles. The second-order valence-corrected chi connectivity index (χ2v) is 7.83. The van der Waals surface area contributed by atoms with Gasteiger partial charge in [-0.1, -0.05) is 10.3 Å². The van der Waals surface area contributed by atoms with E-state index in [2.05, 4.69) is 20.2 Å². The number of aryl methyl sites for hydroxylation is 2. The number of carbonyl (C=O) groups is 1. The quantitative estimate of drug-likeness (QED) is 0.271. The van der Waals surface area contributed by atoms with Crippen LogP contribution in [0, 0.1) is 19.8 Å². The maximum absolute atomic E-state index is 12.2. The van der Waals surface area contributed by atoms with E-state index in [-0.39, 0.29) is 30.6 Å². The minimum absolute atomic E-state index is 0.0529. The van der Waals surface area contributed by atoms with Crippen LogP contribution in [-0.4, -0.2) is 28.3 Å².